The summed E-state index contributed by atoms with van der Waals surface area (Å²) in [5.41, 5.74) is 2.87. The lowest BCUT2D eigenvalue weighted by Gasteiger charge is -2.33. The first-order valence-corrected chi connectivity index (χ1v) is 9.24. The molecule has 2 aromatic rings. The average Bonchev–Trinajstić information content (AvgIpc) is 3.30. The summed E-state index contributed by atoms with van der Waals surface area (Å²) in [4.78, 5) is 21.9. The van der Waals surface area contributed by atoms with Crippen molar-refractivity contribution in [3.8, 4) is 11.8 Å². The Balaban J connectivity index is 1.56. The van der Waals surface area contributed by atoms with Crippen LogP contribution >= 0.6 is 0 Å². The van der Waals surface area contributed by atoms with Crippen LogP contribution in [0.5, 0.6) is 0 Å². The van der Waals surface area contributed by atoms with Gasteiger partial charge in [-0.25, -0.2) is 9.78 Å². The van der Waals surface area contributed by atoms with Crippen molar-refractivity contribution in [3.63, 3.8) is 0 Å². The van der Waals surface area contributed by atoms with Crippen LogP contribution in [-0.2, 0) is 0 Å². The second-order valence-electron chi connectivity index (χ2n) is 7.53. The van der Waals surface area contributed by atoms with Gasteiger partial charge in [0.15, 0.2) is 0 Å². The number of aromatic nitrogens is 2. The normalized spacial score (nSPS) is 22.1. The number of anilines is 1. The molecule has 0 saturated carbocycles. The second-order valence-corrected chi connectivity index (χ2v) is 7.53. The molecule has 2 aliphatic heterocycles. The van der Waals surface area contributed by atoms with Crippen molar-refractivity contribution in [3.05, 3.63) is 24.5 Å². The van der Waals surface area contributed by atoms with Crippen LogP contribution in [0.4, 0.5) is 10.5 Å². The molecule has 0 radical (unpaired) electrons. The Hall–Kier alpha value is -2.52. The Morgan fingerprint density at radius 3 is 2.88 bits per heavy atom. The molecule has 3 heterocycles. The molecule has 6 heteroatoms. The molecule has 1 amide bonds. The zero-order valence-corrected chi connectivity index (χ0v) is 15.6. The van der Waals surface area contributed by atoms with E-state index >= 15 is 0 Å². The number of hydrogen-bond donors (Lipinski definition) is 1. The lowest BCUT2D eigenvalue weighted by atomic mass is 10.2. The molecule has 26 heavy (non-hydrogen) atoms. The predicted molar refractivity (Wildman–Crippen MR) is 103 cm³/mol. The van der Waals surface area contributed by atoms with E-state index in [-0.39, 0.29) is 6.03 Å². The first-order chi connectivity index (χ1) is 12.5. The van der Waals surface area contributed by atoms with Gasteiger partial charge in [0.2, 0.25) is 0 Å². The summed E-state index contributed by atoms with van der Waals surface area (Å²) in [6, 6.07) is 7.06. The smallest absolute Gasteiger partial charge is 0.328 e. The molecular weight excluding hydrogens is 326 g/mol. The van der Waals surface area contributed by atoms with Gasteiger partial charge in [0, 0.05) is 31.1 Å². The SMILES string of the molecule is CC(C)C#CCNC(=O)n1cnc2c(N3CC4CC3CN4C)cccc21. The summed E-state index contributed by atoms with van der Waals surface area (Å²) < 4.78 is 1.58. The van der Waals surface area contributed by atoms with Crippen molar-refractivity contribution in [1.29, 1.82) is 0 Å². The van der Waals surface area contributed by atoms with Crippen LogP contribution in [0, 0.1) is 17.8 Å². The maximum absolute atomic E-state index is 12.5. The fraction of sp³-hybridized carbons (Fsp3) is 0.500. The number of likely N-dealkylation sites (N-methyl/N-ethyl adjacent to an activating group) is 1. The minimum Gasteiger partial charge on any atom is -0.364 e. The minimum atomic E-state index is -0.189. The summed E-state index contributed by atoms with van der Waals surface area (Å²) in [5, 5.41) is 2.84. The summed E-state index contributed by atoms with van der Waals surface area (Å²) in [7, 11) is 2.20. The fourth-order valence-corrected chi connectivity index (χ4v) is 4.04. The third-order valence-corrected chi connectivity index (χ3v) is 5.32. The molecular formula is C20H25N5O. The van der Waals surface area contributed by atoms with Crippen LogP contribution in [0.2, 0.25) is 0 Å². The molecule has 2 saturated heterocycles. The molecule has 1 N–H and O–H groups in total. The van der Waals surface area contributed by atoms with Crippen molar-refractivity contribution in [2.75, 3.05) is 31.6 Å². The van der Waals surface area contributed by atoms with Gasteiger partial charge in [0.25, 0.3) is 0 Å². The van der Waals surface area contributed by atoms with Crippen LogP contribution in [-0.4, -0.2) is 59.2 Å². The average molecular weight is 351 g/mol. The van der Waals surface area contributed by atoms with Gasteiger partial charge in [-0.1, -0.05) is 31.8 Å². The van der Waals surface area contributed by atoms with Crippen molar-refractivity contribution in [1.82, 2.24) is 19.8 Å². The lowest BCUT2D eigenvalue weighted by Crippen LogP contribution is -2.44. The molecule has 2 atom stereocenters. The summed E-state index contributed by atoms with van der Waals surface area (Å²) >= 11 is 0. The van der Waals surface area contributed by atoms with Gasteiger partial charge in [-0.2, -0.15) is 0 Å². The number of nitrogens with zero attached hydrogens (tertiary/aromatic N) is 4. The topological polar surface area (TPSA) is 53.4 Å². The molecule has 0 spiro atoms. The van der Waals surface area contributed by atoms with E-state index in [0.717, 1.165) is 29.8 Å². The molecule has 1 aromatic heterocycles. The highest BCUT2D eigenvalue weighted by atomic mass is 16.2. The van der Waals surface area contributed by atoms with Crippen LogP contribution in [0.15, 0.2) is 24.5 Å². The number of piperazine rings is 1. The number of benzene rings is 1. The van der Waals surface area contributed by atoms with E-state index in [1.54, 1.807) is 10.9 Å². The Kier molecular flexibility index (Phi) is 4.33. The monoisotopic (exact) mass is 351 g/mol. The highest BCUT2D eigenvalue weighted by Gasteiger charge is 2.42. The highest BCUT2D eigenvalue weighted by Crippen LogP contribution is 2.36. The zero-order chi connectivity index (χ0) is 18.3. The first-order valence-electron chi connectivity index (χ1n) is 9.24. The van der Waals surface area contributed by atoms with Crippen molar-refractivity contribution >= 4 is 22.8 Å². The van der Waals surface area contributed by atoms with E-state index in [1.807, 2.05) is 26.0 Å². The molecule has 2 fully saturated rings. The van der Waals surface area contributed by atoms with E-state index in [1.165, 1.54) is 6.42 Å². The number of amides is 1. The number of nitrogens with one attached hydrogen (secondary N) is 1. The van der Waals surface area contributed by atoms with Gasteiger partial charge in [-0.15, -0.1) is 0 Å². The fourth-order valence-electron chi connectivity index (χ4n) is 4.04. The Labute approximate surface area is 154 Å². The molecule has 1 aromatic carbocycles. The number of para-hydroxylation sites is 1. The molecule has 2 aliphatic rings. The van der Waals surface area contributed by atoms with Crippen LogP contribution in [0.3, 0.4) is 0 Å². The summed E-state index contributed by atoms with van der Waals surface area (Å²) in [6.07, 6.45) is 2.82. The van der Waals surface area contributed by atoms with Crippen LogP contribution in [0.1, 0.15) is 20.3 Å². The van der Waals surface area contributed by atoms with Gasteiger partial charge in [0.05, 0.1) is 17.7 Å². The largest absolute Gasteiger partial charge is 0.364 e. The van der Waals surface area contributed by atoms with Crippen molar-refractivity contribution < 1.29 is 4.79 Å². The number of likely N-dealkylation sites (tertiary alicyclic amines) is 1. The standard InChI is InChI=1S/C20H25N5O/c1-14(2)6-5-9-21-20(26)25-13-22-19-17(7-4-8-18(19)25)24-12-15-10-16(24)11-23(15)3/h4,7-8,13-16H,9-12H2,1-3H3,(H,21,26). The third kappa shape index (κ3) is 2.93. The quantitative estimate of drug-likeness (QED) is 0.843. The minimum absolute atomic E-state index is 0.189. The van der Waals surface area contributed by atoms with E-state index in [9.17, 15) is 4.79 Å². The van der Waals surface area contributed by atoms with E-state index in [2.05, 4.69) is 45.1 Å². The summed E-state index contributed by atoms with van der Waals surface area (Å²) in [6.45, 7) is 6.53. The highest BCUT2D eigenvalue weighted by molar-refractivity contribution is 5.95. The van der Waals surface area contributed by atoms with Gasteiger partial charge < -0.3 is 10.2 Å². The molecule has 0 aliphatic carbocycles. The Morgan fingerprint density at radius 1 is 1.35 bits per heavy atom. The van der Waals surface area contributed by atoms with E-state index in [0.29, 0.717) is 24.5 Å². The van der Waals surface area contributed by atoms with Gasteiger partial charge in [-0.05, 0) is 25.6 Å². The third-order valence-electron chi connectivity index (χ3n) is 5.32. The molecule has 136 valence electrons. The van der Waals surface area contributed by atoms with Crippen LogP contribution < -0.4 is 10.2 Å². The number of hydrogen-bond acceptors (Lipinski definition) is 4. The zero-order valence-electron chi connectivity index (χ0n) is 15.6. The molecule has 2 bridgehead atoms. The lowest BCUT2D eigenvalue weighted by molar-refractivity contribution is 0.244. The van der Waals surface area contributed by atoms with E-state index < -0.39 is 0 Å². The summed E-state index contributed by atoms with van der Waals surface area (Å²) in [5.74, 6) is 6.33. The second kappa shape index (κ2) is 6.65. The predicted octanol–water partition coefficient (Wildman–Crippen LogP) is 2.15. The molecule has 4 rings (SSSR count). The number of rotatable bonds is 2. The van der Waals surface area contributed by atoms with Crippen LogP contribution in [0.25, 0.3) is 11.0 Å². The van der Waals surface area contributed by atoms with E-state index in [4.69, 9.17) is 0 Å². The Bertz CT molecular complexity index is 888. The molecule has 6 nitrogen and oxygen atoms in total. The van der Waals surface area contributed by atoms with Crippen molar-refractivity contribution in [2.45, 2.75) is 32.4 Å². The maximum atomic E-state index is 12.5. The number of imidazole rings is 1. The Morgan fingerprint density at radius 2 is 2.19 bits per heavy atom. The number of carbonyl (C=O) groups is 1. The van der Waals surface area contributed by atoms with Gasteiger partial charge >= 0.3 is 6.03 Å². The van der Waals surface area contributed by atoms with Gasteiger partial charge in [0.1, 0.15) is 11.8 Å². The number of fused-ring (bicyclic) bond motifs is 3. The van der Waals surface area contributed by atoms with Crippen molar-refractivity contribution in [2.24, 2.45) is 5.92 Å². The number of carbonyl (C=O) groups excluding carboxylic acids is 1. The first kappa shape index (κ1) is 16.9. The van der Waals surface area contributed by atoms with Gasteiger partial charge in [-0.3, -0.25) is 9.47 Å². The maximum Gasteiger partial charge on any atom is 0.328 e. The molecule has 2 unspecified atom stereocenters.